The summed E-state index contributed by atoms with van der Waals surface area (Å²) in [5.41, 5.74) is 5.12. The number of amides is 1. The molecule has 24 heavy (non-hydrogen) atoms. The molecule has 3 aromatic rings. The van der Waals surface area contributed by atoms with E-state index in [9.17, 15) is 4.79 Å². The highest BCUT2D eigenvalue weighted by atomic mass is 16.5. The lowest BCUT2D eigenvalue weighted by atomic mass is 10.1. The number of carbonyl (C=O) groups excluding carboxylic acids is 1. The predicted octanol–water partition coefficient (Wildman–Crippen LogP) is 1.95. The van der Waals surface area contributed by atoms with Crippen molar-refractivity contribution in [1.82, 2.24) is 20.1 Å². The van der Waals surface area contributed by atoms with E-state index in [2.05, 4.69) is 15.4 Å². The van der Waals surface area contributed by atoms with Crippen LogP contribution in [0.5, 0.6) is 0 Å². The van der Waals surface area contributed by atoms with Crippen LogP contribution in [0.2, 0.25) is 0 Å². The van der Waals surface area contributed by atoms with Crippen LogP contribution in [-0.4, -0.2) is 33.8 Å². The SMILES string of the molecule is Cn1nc(CCNC(=O)c2cccc3[nH]ccc23)c2c1CCOC2. The van der Waals surface area contributed by atoms with Crippen LogP contribution < -0.4 is 5.32 Å². The molecule has 2 aromatic heterocycles. The summed E-state index contributed by atoms with van der Waals surface area (Å²) in [5, 5.41) is 8.53. The zero-order valence-electron chi connectivity index (χ0n) is 13.6. The van der Waals surface area contributed by atoms with Crippen LogP contribution >= 0.6 is 0 Å². The second-order valence-corrected chi connectivity index (χ2v) is 6.05. The Morgan fingerprint density at radius 1 is 1.42 bits per heavy atom. The van der Waals surface area contributed by atoms with Crippen LogP contribution in [0.1, 0.15) is 27.3 Å². The first kappa shape index (κ1) is 15.0. The van der Waals surface area contributed by atoms with Crippen molar-refractivity contribution in [3.63, 3.8) is 0 Å². The molecule has 0 saturated carbocycles. The first-order chi connectivity index (χ1) is 11.7. The Morgan fingerprint density at radius 3 is 3.25 bits per heavy atom. The second-order valence-electron chi connectivity index (χ2n) is 6.05. The maximum atomic E-state index is 12.5. The summed E-state index contributed by atoms with van der Waals surface area (Å²) in [6.45, 7) is 1.93. The summed E-state index contributed by atoms with van der Waals surface area (Å²) in [5.74, 6) is -0.0544. The van der Waals surface area contributed by atoms with Gasteiger partial charge in [-0.05, 0) is 18.2 Å². The van der Waals surface area contributed by atoms with Crippen molar-refractivity contribution < 1.29 is 9.53 Å². The van der Waals surface area contributed by atoms with Gasteiger partial charge in [-0.2, -0.15) is 5.10 Å². The van der Waals surface area contributed by atoms with Crippen LogP contribution in [0.4, 0.5) is 0 Å². The normalized spacial score (nSPS) is 13.9. The van der Waals surface area contributed by atoms with Gasteiger partial charge in [-0.15, -0.1) is 0 Å². The molecule has 0 unspecified atom stereocenters. The van der Waals surface area contributed by atoms with Gasteiger partial charge in [0.05, 0.1) is 18.9 Å². The molecule has 1 aromatic carbocycles. The van der Waals surface area contributed by atoms with Crippen molar-refractivity contribution >= 4 is 16.8 Å². The summed E-state index contributed by atoms with van der Waals surface area (Å²) in [6.07, 6.45) is 3.46. The minimum absolute atomic E-state index is 0.0544. The van der Waals surface area contributed by atoms with E-state index in [1.165, 1.54) is 11.3 Å². The lowest BCUT2D eigenvalue weighted by Gasteiger charge is -2.13. The number of hydrogen-bond donors (Lipinski definition) is 2. The summed E-state index contributed by atoms with van der Waals surface area (Å²) >= 11 is 0. The van der Waals surface area contributed by atoms with E-state index in [0.29, 0.717) is 25.1 Å². The van der Waals surface area contributed by atoms with Crippen LogP contribution in [0.25, 0.3) is 10.9 Å². The van der Waals surface area contributed by atoms with Gasteiger partial charge >= 0.3 is 0 Å². The van der Waals surface area contributed by atoms with Crippen molar-refractivity contribution in [2.24, 2.45) is 7.05 Å². The topological polar surface area (TPSA) is 71.9 Å². The zero-order valence-corrected chi connectivity index (χ0v) is 13.6. The van der Waals surface area contributed by atoms with Gasteiger partial charge in [0.1, 0.15) is 0 Å². The van der Waals surface area contributed by atoms with E-state index >= 15 is 0 Å². The van der Waals surface area contributed by atoms with Gasteiger partial charge in [0.2, 0.25) is 0 Å². The van der Waals surface area contributed by atoms with Gasteiger partial charge in [-0.3, -0.25) is 9.48 Å². The first-order valence-electron chi connectivity index (χ1n) is 8.19. The van der Waals surface area contributed by atoms with E-state index in [-0.39, 0.29) is 5.91 Å². The molecule has 0 atom stereocenters. The van der Waals surface area contributed by atoms with E-state index in [1.807, 2.05) is 42.2 Å². The van der Waals surface area contributed by atoms with E-state index in [0.717, 1.165) is 29.6 Å². The van der Waals surface area contributed by atoms with Gasteiger partial charge < -0.3 is 15.0 Å². The number of rotatable bonds is 4. The molecule has 6 heteroatoms. The Balaban J connectivity index is 1.44. The fraction of sp³-hybridized carbons (Fsp3) is 0.333. The summed E-state index contributed by atoms with van der Waals surface area (Å²) < 4.78 is 7.48. The number of nitrogens with zero attached hydrogens (tertiary/aromatic N) is 2. The molecule has 0 fully saturated rings. The number of fused-ring (bicyclic) bond motifs is 2. The summed E-state index contributed by atoms with van der Waals surface area (Å²) in [6, 6.07) is 7.63. The Labute approximate surface area is 139 Å². The molecule has 6 nitrogen and oxygen atoms in total. The molecule has 4 rings (SSSR count). The number of nitrogens with one attached hydrogen (secondary N) is 2. The van der Waals surface area contributed by atoms with Gasteiger partial charge in [-0.25, -0.2) is 0 Å². The van der Waals surface area contributed by atoms with Crippen molar-refractivity contribution in [3.8, 4) is 0 Å². The number of aryl methyl sites for hydroxylation is 1. The fourth-order valence-corrected chi connectivity index (χ4v) is 3.36. The number of carbonyl (C=O) groups is 1. The number of H-pyrrole nitrogens is 1. The Kier molecular flexibility index (Phi) is 3.82. The molecule has 0 radical (unpaired) electrons. The molecule has 124 valence electrons. The smallest absolute Gasteiger partial charge is 0.251 e. The van der Waals surface area contributed by atoms with Crippen LogP contribution in [0.15, 0.2) is 30.5 Å². The average molecular weight is 324 g/mol. The zero-order chi connectivity index (χ0) is 16.5. The Morgan fingerprint density at radius 2 is 2.33 bits per heavy atom. The molecule has 1 aliphatic rings. The third-order valence-corrected chi connectivity index (χ3v) is 4.57. The van der Waals surface area contributed by atoms with Crippen LogP contribution in [0, 0.1) is 0 Å². The van der Waals surface area contributed by atoms with Crippen molar-refractivity contribution in [1.29, 1.82) is 0 Å². The summed E-state index contributed by atoms with van der Waals surface area (Å²) in [7, 11) is 1.97. The number of aromatic amines is 1. The van der Waals surface area contributed by atoms with E-state index < -0.39 is 0 Å². The lowest BCUT2D eigenvalue weighted by Crippen LogP contribution is -2.26. The maximum Gasteiger partial charge on any atom is 0.251 e. The number of aromatic nitrogens is 3. The molecule has 0 aliphatic carbocycles. The fourth-order valence-electron chi connectivity index (χ4n) is 3.36. The van der Waals surface area contributed by atoms with Gasteiger partial charge in [0.25, 0.3) is 5.91 Å². The Hall–Kier alpha value is -2.60. The molecule has 0 spiro atoms. The number of benzene rings is 1. The van der Waals surface area contributed by atoms with Crippen molar-refractivity contribution in [3.05, 3.63) is 53.0 Å². The highest BCUT2D eigenvalue weighted by Crippen LogP contribution is 2.20. The number of ether oxygens (including phenoxy) is 1. The highest BCUT2D eigenvalue weighted by molar-refractivity contribution is 6.06. The maximum absolute atomic E-state index is 12.5. The molecule has 2 N–H and O–H groups in total. The predicted molar refractivity (Wildman–Crippen MR) is 90.9 cm³/mol. The molecular formula is C18H20N4O2. The highest BCUT2D eigenvalue weighted by Gasteiger charge is 2.19. The van der Waals surface area contributed by atoms with Gasteiger partial charge in [0.15, 0.2) is 0 Å². The van der Waals surface area contributed by atoms with Gasteiger partial charge in [0, 0.05) is 60.4 Å². The molecule has 0 saturated heterocycles. The molecule has 1 aliphatic heterocycles. The summed E-state index contributed by atoms with van der Waals surface area (Å²) in [4.78, 5) is 15.6. The molecule has 0 bridgehead atoms. The molecule has 1 amide bonds. The lowest BCUT2D eigenvalue weighted by molar-refractivity contribution is 0.0955. The third-order valence-electron chi connectivity index (χ3n) is 4.57. The minimum atomic E-state index is -0.0544. The van der Waals surface area contributed by atoms with Gasteiger partial charge in [-0.1, -0.05) is 6.07 Å². The largest absolute Gasteiger partial charge is 0.376 e. The van der Waals surface area contributed by atoms with Crippen LogP contribution in [-0.2, 0) is 31.2 Å². The second kappa shape index (κ2) is 6.13. The van der Waals surface area contributed by atoms with Crippen LogP contribution in [0.3, 0.4) is 0 Å². The van der Waals surface area contributed by atoms with E-state index in [4.69, 9.17) is 4.74 Å². The van der Waals surface area contributed by atoms with Crippen molar-refractivity contribution in [2.75, 3.05) is 13.2 Å². The average Bonchev–Trinajstić information content (AvgIpc) is 3.20. The van der Waals surface area contributed by atoms with Crippen molar-refractivity contribution in [2.45, 2.75) is 19.4 Å². The molecular weight excluding hydrogens is 304 g/mol. The van der Waals surface area contributed by atoms with E-state index in [1.54, 1.807) is 0 Å². The quantitative estimate of drug-likeness (QED) is 0.770. The number of hydrogen-bond acceptors (Lipinski definition) is 3. The first-order valence-corrected chi connectivity index (χ1v) is 8.19. The Bertz CT molecular complexity index is 894. The molecule has 3 heterocycles. The minimum Gasteiger partial charge on any atom is -0.376 e. The monoisotopic (exact) mass is 324 g/mol. The third kappa shape index (κ3) is 2.59. The standard InChI is InChI=1S/C18H20N4O2/c1-22-17-7-10-24-11-14(17)16(21-22)6-9-20-18(23)13-3-2-4-15-12(13)5-8-19-15/h2-5,8,19H,6-7,9-11H2,1H3,(H,20,23).